The topological polar surface area (TPSA) is 44.5 Å². The summed E-state index contributed by atoms with van der Waals surface area (Å²) >= 11 is 0. The fraction of sp³-hybridized carbons (Fsp3) is 1.00. The first-order valence-electron chi connectivity index (χ1n) is 3.55. The van der Waals surface area contributed by atoms with Gasteiger partial charge in [0.1, 0.15) is 0 Å². The number of rotatable bonds is 5. The van der Waals surface area contributed by atoms with E-state index in [1.807, 2.05) is 0 Å². The van der Waals surface area contributed by atoms with Crippen LogP contribution in [0.15, 0.2) is 0 Å². The van der Waals surface area contributed by atoms with Crippen molar-refractivity contribution in [1.29, 1.82) is 0 Å². The lowest BCUT2D eigenvalue weighted by molar-refractivity contribution is 0.274. The second-order valence-electron chi connectivity index (χ2n) is 2.30. The van der Waals surface area contributed by atoms with E-state index < -0.39 is 9.28 Å². The second-order valence-corrected chi connectivity index (χ2v) is 4.58. The molecule has 0 radical (unpaired) electrons. The quantitative estimate of drug-likeness (QED) is 0.590. The van der Waals surface area contributed by atoms with Crippen molar-refractivity contribution in [2.75, 3.05) is 14.2 Å². The highest BCUT2D eigenvalue weighted by Gasteiger charge is 2.12. The lowest BCUT2D eigenvalue weighted by Gasteiger charge is -2.14. The first-order chi connectivity index (χ1) is 4.74. The van der Waals surface area contributed by atoms with Gasteiger partial charge < -0.3 is 14.6 Å². The van der Waals surface area contributed by atoms with Crippen LogP contribution in [0.4, 0.5) is 0 Å². The first kappa shape index (κ1) is 10.1. The van der Waals surface area contributed by atoms with Gasteiger partial charge in [-0.3, -0.25) is 0 Å². The molecule has 10 heavy (non-hydrogen) atoms. The summed E-state index contributed by atoms with van der Waals surface area (Å²) in [6.45, 7) is 2.07. The Morgan fingerprint density at radius 2 is 1.90 bits per heavy atom. The van der Waals surface area contributed by atoms with Gasteiger partial charge in [0.15, 0.2) is 0 Å². The molecule has 0 aromatic heterocycles. The molecule has 1 unspecified atom stereocenters. The zero-order valence-corrected chi connectivity index (χ0v) is 8.12. The summed E-state index contributed by atoms with van der Waals surface area (Å²) in [5, 5.41) is 0. The minimum absolute atomic E-state index is 0.247. The molecule has 0 saturated carbocycles. The maximum absolute atomic E-state index is 5.70. The average Bonchev–Trinajstić information content (AvgIpc) is 1.99. The highest BCUT2D eigenvalue weighted by atomic mass is 28.3. The van der Waals surface area contributed by atoms with Gasteiger partial charge in [0.2, 0.25) is 0 Å². The summed E-state index contributed by atoms with van der Waals surface area (Å²) in [5.41, 5.74) is 5.70. The zero-order chi connectivity index (χ0) is 7.98. The van der Waals surface area contributed by atoms with Crippen LogP contribution in [0.2, 0.25) is 6.04 Å². The van der Waals surface area contributed by atoms with Gasteiger partial charge >= 0.3 is 9.28 Å². The minimum Gasteiger partial charge on any atom is -0.400 e. The number of nitrogens with two attached hydrogens (primary N) is 1. The molecule has 0 aromatic rings. The Hall–Kier alpha value is 0.0969. The summed E-state index contributed by atoms with van der Waals surface area (Å²) in [6.07, 6.45) is 0.996. The zero-order valence-electron chi connectivity index (χ0n) is 6.96. The van der Waals surface area contributed by atoms with Crippen molar-refractivity contribution >= 4 is 9.28 Å². The van der Waals surface area contributed by atoms with Gasteiger partial charge in [-0.2, -0.15) is 0 Å². The minimum atomic E-state index is -1.39. The van der Waals surface area contributed by atoms with Crippen molar-refractivity contribution < 1.29 is 8.85 Å². The molecule has 0 rings (SSSR count). The van der Waals surface area contributed by atoms with Crippen LogP contribution in [-0.4, -0.2) is 29.5 Å². The van der Waals surface area contributed by atoms with E-state index in [0.29, 0.717) is 0 Å². The molecule has 0 heterocycles. The standard InChI is InChI=1S/C6H17NO2Si/c1-4-6(7)5-10(8-2)9-3/h6,10H,4-5,7H2,1-3H3. The summed E-state index contributed by atoms with van der Waals surface area (Å²) < 4.78 is 10.2. The van der Waals surface area contributed by atoms with Crippen molar-refractivity contribution in [3.05, 3.63) is 0 Å². The van der Waals surface area contributed by atoms with E-state index in [0.717, 1.165) is 12.5 Å². The molecular weight excluding hydrogens is 146 g/mol. The molecule has 0 spiro atoms. The third kappa shape index (κ3) is 4.00. The predicted molar refractivity (Wildman–Crippen MR) is 44.2 cm³/mol. The first-order valence-corrected chi connectivity index (χ1v) is 5.31. The highest BCUT2D eigenvalue weighted by molar-refractivity contribution is 6.44. The third-order valence-electron chi connectivity index (χ3n) is 1.55. The second kappa shape index (κ2) is 5.85. The molecule has 2 N–H and O–H groups in total. The SMILES string of the molecule is CCC(N)C[SiH](OC)OC. The van der Waals surface area contributed by atoms with Crippen LogP contribution in [0, 0.1) is 0 Å². The van der Waals surface area contributed by atoms with E-state index in [9.17, 15) is 0 Å². The molecule has 0 bridgehead atoms. The van der Waals surface area contributed by atoms with E-state index in [4.69, 9.17) is 14.6 Å². The summed E-state index contributed by atoms with van der Waals surface area (Å²) in [7, 11) is 1.97. The van der Waals surface area contributed by atoms with Gasteiger partial charge in [-0.1, -0.05) is 6.92 Å². The molecule has 0 aliphatic rings. The van der Waals surface area contributed by atoms with E-state index in [1.165, 1.54) is 0 Å². The Balaban J connectivity index is 3.41. The van der Waals surface area contributed by atoms with Crippen LogP contribution >= 0.6 is 0 Å². The maximum Gasteiger partial charge on any atom is 0.322 e. The van der Waals surface area contributed by atoms with Crippen LogP contribution in [0.5, 0.6) is 0 Å². The molecule has 0 saturated heterocycles. The van der Waals surface area contributed by atoms with Gasteiger partial charge in [-0.15, -0.1) is 0 Å². The number of hydrogen-bond acceptors (Lipinski definition) is 3. The fourth-order valence-electron chi connectivity index (χ4n) is 0.703. The monoisotopic (exact) mass is 163 g/mol. The van der Waals surface area contributed by atoms with E-state index in [-0.39, 0.29) is 6.04 Å². The lowest BCUT2D eigenvalue weighted by Crippen LogP contribution is -2.30. The van der Waals surface area contributed by atoms with Crippen LogP contribution in [-0.2, 0) is 8.85 Å². The van der Waals surface area contributed by atoms with Crippen molar-refractivity contribution in [2.24, 2.45) is 5.73 Å². The normalized spacial score (nSPS) is 14.1. The van der Waals surface area contributed by atoms with Crippen molar-refractivity contribution in [1.82, 2.24) is 0 Å². The molecule has 0 aromatic carbocycles. The van der Waals surface area contributed by atoms with E-state index in [1.54, 1.807) is 14.2 Å². The Morgan fingerprint density at radius 3 is 2.20 bits per heavy atom. The Bertz CT molecular complexity index is 78.1. The third-order valence-corrected chi connectivity index (χ3v) is 3.59. The molecule has 0 amide bonds. The van der Waals surface area contributed by atoms with Crippen molar-refractivity contribution in [3.63, 3.8) is 0 Å². The van der Waals surface area contributed by atoms with Gasteiger partial charge in [-0.25, -0.2) is 0 Å². The van der Waals surface area contributed by atoms with Crippen molar-refractivity contribution in [3.8, 4) is 0 Å². The summed E-state index contributed by atoms with van der Waals surface area (Å²) in [5.74, 6) is 0. The Kier molecular flexibility index (Phi) is 5.91. The summed E-state index contributed by atoms with van der Waals surface area (Å²) in [6, 6.07) is 1.15. The molecule has 3 nitrogen and oxygen atoms in total. The molecule has 0 aliphatic carbocycles. The largest absolute Gasteiger partial charge is 0.400 e. The molecule has 0 fully saturated rings. The molecule has 62 valence electrons. The Labute approximate surface area is 64.4 Å². The highest BCUT2D eigenvalue weighted by Crippen LogP contribution is 2.00. The average molecular weight is 163 g/mol. The van der Waals surface area contributed by atoms with Crippen LogP contribution in [0.3, 0.4) is 0 Å². The molecular formula is C6H17NO2Si. The van der Waals surface area contributed by atoms with Gasteiger partial charge in [-0.05, 0) is 6.42 Å². The van der Waals surface area contributed by atoms with E-state index in [2.05, 4.69) is 6.92 Å². The van der Waals surface area contributed by atoms with E-state index >= 15 is 0 Å². The van der Waals surface area contributed by atoms with Crippen molar-refractivity contribution in [2.45, 2.75) is 25.4 Å². The van der Waals surface area contributed by atoms with Gasteiger partial charge in [0, 0.05) is 26.3 Å². The molecule has 1 atom stereocenters. The molecule has 4 heteroatoms. The van der Waals surface area contributed by atoms with Crippen LogP contribution in [0.1, 0.15) is 13.3 Å². The van der Waals surface area contributed by atoms with Gasteiger partial charge in [0.05, 0.1) is 0 Å². The number of hydrogen-bond donors (Lipinski definition) is 1. The Morgan fingerprint density at radius 1 is 1.40 bits per heavy atom. The molecule has 0 aliphatic heterocycles. The lowest BCUT2D eigenvalue weighted by atomic mass is 10.3. The maximum atomic E-state index is 5.70. The summed E-state index contributed by atoms with van der Waals surface area (Å²) in [4.78, 5) is 0. The fourth-order valence-corrected chi connectivity index (χ4v) is 2.11. The van der Waals surface area contributed by atoms with Crippen LogP contribution in [0.25, 0.3) is 0 Å². The smallest absolute Gasteiger partial charge is 0.322 e. The van der Waals surface area contributed by atoms with Crippen LogP contribution < -0.4 is 5.73 Å². The predicted octanol–water partition coefficient (Wildman–Crippen LogP) is 0.237. The van der Waals surface area contributed by atoms with Gasteiger partial charge in [0.25, 0.3) is 0 Å².